The van der Waals surface area contributed by atoms with Gasteiger partial charge >= 0.3 is 0 Å². The van der Waals surface area contributed by atoms with Crippen molar-refractivity contribution < 1.29 is 10.5 Å². The molecular weight excluding hydrogens is 116 g/mol. The van der Waals surface area contributed by atoms with Crippen molar-refractivity contribution in [1.29, 1.82) is 0 Å². The monoisotopic (exact) mass is 123 g/mol. The molecule has 2 heterocycles. The van der Waals surface area contributed by atoms with Gasteiger partial charge in [-0.05, 0) is 18.2 Å². The summed E-state index contributed by atoms with van der Waals surface area (Å²) in [6.07, 6.45) is 5.07. The standard InChI is InChI=1S/C7H6O2/c1-2-6-3-5-9-7(6)8-4-1/h1-3,5H,4H2/i3D. The quantitative estimate of drug-likeness (QED) is 0.523. The second kappa shape index (κ2) is 1.65. The molecular formula is C7H6O2. The predicted octanol–water partition coefficient (Wildman–Crippen LogP) is 1.69. The Hall–Kier alpha value is -1.18. The maximum atomic E-state index is 7.30. The van der Waals surface area contributed by atoms with Crippen LogP contribution in [0, 0.1) is 0 Å². The Morgan fingerprint density at radius 2 is 2.67 bits per heavy atom. The van der Waals surface area contributed by atoms with Gasteiger partial charge in [0.1, 0.15) is 6.61 Å². The number of furan rings is 1. The zero-order chi connectivity index (χ0) is 6.97. The molecule has 1 aromatic rings. The van der Waals surface area contributed by atoms with Crippen LogP contribution in [0.25, 0.3) is 6.08 Å². The first-order valence-electron chi connectivity index (χ1n) is 3.25. The molecule has 0 saturated carbocycles. The summed E-state index contributed by atoms with van der Waals surface area (Å²) in [5.41, 5.74) is 0.742. The summed E-state index contributed by atoms with van der Waals surface area (Å²) in [6.45, 7) is 0.542. The zero-order valence-electron chi connectivity index (χ0n) is 5.76. The normalized spacial score (nSPS) is 16.2. The number of hydrogen-bond acceptors (Lipinski definition) is 2. The van der Waals surface area contributed by atoms with Crippen LogP contribution in [0.15, 0.2) is 22.8 Å². The smallest absolute Gasteiger partial charge is 0.292 e. The fraction of sp³-hybridized carbons (Fsp3) is 0.143. The van der Waals surface area contributed by atoms with E-state index in [2.05, 4.69) is 0 Å². The van der Waals surface area contributed by atoms with Gasteiger partial charge in [0.05, 0.1) is 13.2 Å². The molecule has 0 spiro atoms. The van der Waals surface area contributed by atoms with Crippen LogP contribution in [0.1, 0.15) is 6.93 Å². The Morgan fingerprint density at radius 3 is 3.56 bits per heavy atom. The number of ether oxygens (including phenoxy) is 1. The fourth-order valence-corrected chi connectivity index (χ4v) is 0.787. The van der Waals surface area contributed by atoms with Crippen LogP contribution in [0.2, 0.25) is 0 Å². The lowest BCUT2D eigenvalue weighted by Gasteiger charge is -2.03. The molecule has 9 heavy (non-hydrogen) atoms. The van der Waals surface area contributed by atoms with Gasteiger partial charge in [-0.15, -0.1) is 0 Å². The summed E-state index contributed by atoms with van der Waals surface area (Å²) in [5.74, 6) is 0.465. The molecule has 1 aromatic heterocycles. The zero-order valence-corrected chi connectivity index (χ0v) is 4.76. The Labute approximate surface area is 54.1 Å². The van der Waals surface area contributed by atoms with Crippen LogP contribution >= 0.6 is 0 Å². The average molecular weight is 123 g/mol. The maximum absolute atomic E-state index is 7.30. The summed E-state index contributed by atoms with van der Waals surface area (Å²) in [5, 5.41) is 0. The summed E-state index contributed by atoms with van der Waals surface area (Å²) >= 11 is 0. The Bertz CT molecular complexity index is 275. The van der Waals surface area contributed by atoms with Crippen molar-refractivity contribution in [2.24, 2.45) is 0 Å². The van der Waals surface area contributed by atoms with E-state index < -0.39 is 0 Å². The molecule has 0 aromatic carbocycles. The van der Waals surface area contributed by atoms with Crippen LogP contribution in [0.3, 0.4) is 0 Å². The summed E-state index contributed by atoms with van der Waals surface area (Å²) in [4.78, 5) is 0. The highest BCUT2D eigenvalue weighted by atomic mass is 16.6. The highest BCUT2D eigenvalue weighted by molar-refractivity contribution is 5.55. The second-order valence-corrected chi connectivity index (χ2v) is 1.79. The summed E-state index contributed by atoms with van der Waals surface area (Å²) < 4.78 is 17.3. The van der Waals surface area contributed by atoms with Crippen LogP contribution in [-0.4, -0.2) is 6.61 Å². The van der Waals surface area contributed by atoms with Crippen molar-refractivity contribution in [1.82, 2.24) is 0 Å². The minimum atomic E-state index is 0.381. The first kappa shape index (κ1) is 3.77. The van der Waals surface area contributed by atoms with Gasteiger partial charge in [0.15, 0.2) is 0 Å². The first-order chi connectivity index (χ1) is 4.88. The lowest BCUT2D eigenvalue weighted by Crippen LogP contribution is -1.96. The molecule has 1 aliphatic rings. The van der Waals surface area contributed by atoms with Gasteiger partial charge in [-0.25, -0.2) is 0 Å². The third kappa shape index (κ3) is 0.633. The van der Waals surface area contributed by atoms with E-state index in [0.29, 0.717) is 18.6 Å². The Balaban J connectivity index is 2.57. The van der Waals surface area contributed by atoms with Gasteiger partial charge in [0.2, 0.25) is 0 Å². The molecule has 46 valence electrons. The van der Waals surface area contributed by atoms with Crippen LogP contribution in [0.5, 0.6) is 5.95 Å². The maximum Gasteiger partial charge on any atom is 0.292 e. The lowest BCUT2D eigenvalue weighted by atomic mass is 10.3. The van der Waals surface area contributed by atoms with E-state index in [4.69, 9.17) is 10.5 Å². The molecule has 2 rings (SSSR count). The molecule has 0 radical (unpaired) electrons. The van der Waals surface area contributed by atoms with Crippen molar-refractivity contribution in [3.05, 3.63) is 23.9 Å². The van der Waals surface area contributed by atoms with E-state index in [1.165, 1.54) is 6.26 Å². The van der Waals surface area contributed by atoms with E-state index in [-0.39, 0.29) is 0 Å². The van der Waals surface area contributed by atoms with Crippen molar-refractivity contribution in [2.75, 3.05) is 6.61 Å². The van der Waals surface area contributed by atoms with Crippen molar-refractivity contribution in [3.8, 4) is 5.95 Å². The van der Waals surface area contributed by atoms with Crippen LogP contribution in [-0.2, 0) is 0 Å². The van der Waals surface area contributed by atoms with E-state index in [1.54, 1.807) is 0 Å². The highest BCUT2D eigenvalue weighted by Crippen LogP contribution is 2.23. The second-order valence-electron chi connectivity index (χ2n) is 1.79. The van der Waals surface area contributed by atoms with E-state index in [1.807, 2.05) is 12.2 Å². The van der Waals surface area contributed by atoms with Crippen molar-refractivity contribution >= 4 is 6.08 Å². The number of rotatable bonds is 0. The third-order valence-corrected chi connectivity index (χ3v) is 1.20. The Kier molecular flexibility index (Phi) is 0.693. The Morgan fingerprint density at radius 1 is 1.67 bits per heavy atom. The number of fused-ring (bicyclic) bond motifs is 1. The predicted molar refractivity (Wildman–Crippen MR) is 33.2 cm³/mol. The van der Waals surface area contributed by atoms with Gasteiger partial charge in [0.25, 0.3) is 5.95 Å². The molecule has 0 bridgehead atoms. The number of hydrogen-bond donors (Lipinski definition) is 0. The molecule has 0 fully saturated rings. The van der Waals surface area contributed by atoms with Crippen LogP contribution in [0.4, 0.5) is 0 Å². The molecule has 1 aliphatic heterocycles. The highest BCUT2D eigenvalue weighted by Gasteiger charge is 2.06. The molecule has 2 nitrogen and oxygen atoms in total. The third-order valence-electron chi connectivity index (χ3n) is 1.20. The topological polar surface area (TPSA) is 22.4 Å². The largest absolute Gasteiger partial charge is 0.460 e. The molecule has 0 atom stereocenters. The summed E-state index contributed by atoms with van der Waals surface area (Å²) in [7, 11) is 0. The van der Waals surface area contributed by atoms with Gasteiger partial charge in [-0.2, -0.15) is 0 Å². The van der Waals surface area contributed by atoms with E-state index in [9.17, 15) is 0 Å². The van der Waals surface area contributed by atoms with Gasteiger partial charge in [0, 0.05) is 0 Å². The molecule has 0 aliphatic carbocycles. The van der Waals surface area contributed by atoms with Gasteiger partial charge < -0.3 is 9.15 Å². The van der Waals surface area contributed by atoms with E-state index in [0.717, 1.165) is 5.56 Å². The molecule has 0 unspecified atom stereocenters. The summed E-state index contributed by atoms with van der Waals surface area (Å²) in [6, 6.07) is 0.381. The van der Waals surface area contributed by atoms with Gasteiger partial charge in [-0.1, -0.05) is 0 Å². The van der Waals surface area contributed by atoms with Crippen LogP contribution < -0.4 is 4.74 Å². The van der Waals surface area contributed by atoms with E-state index >= 15 is 0 Å². The molecule has 2 heteroatoms. The molecule has 0 saturated heterocycles. The fourth-order valence-electron chi connectivity index (χ4n) is 0.787. The molecule has 0 amide bonds. The van der Waals surface area contributed by atoms with Crippen molar-refractivity contribution in [3.63, 3.8) is 0 Å². The minimum absolute atomic E-state index is 0.381. The lowest BCUT2D eigenvalue weighted by molar-refractivity contribution is 0.268. The van der Waals surface area contributed by atoms with Gasteiger partial charge in [-0.3, -0.25) is 0 Å². The first-order valence-corrected chi connectivity index (χ1v) is 2.75. The average Bonchev–Trinajstić information content (AvgIpc) is 2.34. The molecule has 0 N–H and O–H groups in total. The minimum Gasteiger partial charge on any atom is -0.460 e. The van der Waals surface area contributed by atoms with Crippen molar-refractivity contribution in [2.45, 2.75) is 0 Å². The SMILES string of the molecule is [2H]c1coc2c1C=CCO2.